The molecule has 0 radical (unpaired) electrons. The van der Waals surface area contributed by atoms with Gasteiger partial charge >= 0.3 is 0 Å². The van der Waals surface area contributed by atoms with Gasteiger partial charge in [-0.15, -0.1) is 0 Å². The van der Waals surface area contributed by atoms with Gasteiger partial charge in [-0.25, -0.2) is 0 Å². The summed E-state index contributed by atoms with van der Waals surface area (Å²) in [5, 5.41) is 25.0. The van der Waals surface area contributed by atoms with Crippen molar-refractivity contribution in [3.8, 4) is 0 Å². The van der Waals surface area contributed by atoms with Crippen molar-refractivity contribution in [3.63, 3.8) is 0 Å². The highest BCUT2D eigenvalue weighted by molar-refractivity contribution is 7.80. The molecule has 0 fully saturated rings. The first-order chi connectivity index (χ1) is 48.8. The molecule has 0 saturated carbocycles. The van der Waals surface area contributed by atoms with Gasteiger partial charge in [-0.2, -0.15) is 12.6 Å². The van der Waals surface area contributed by atoms with Crippen molar-refractivity contribution in [2.24, 2.45) is 11.5 Å². The summed E-state index contributed by atoms with van der Waals surface area (Å²) in [6.07, 6.45) is 26.7. The van der Waals surface area contributed by atoms with Crippen molar-refractivity contribution in [1.29, 1.82) is 0 Å². The number of thiol groups is 1. The minimum atomic E-state index is -0.706. The Morgan fingerprint density at radius 2 is 0.490 bits per heavy atom. The summed E-state index contributed by atoms with van der Waals surface area (Å²) in [4.78, 5) is 109. The zero-order valence-corrected chi connectivity index (χ0v) is 61.7. The van der Waals surface area contributed by atoms with E-state index < -0.39 is 12.1 Å². The highest BCUT2D eigenvalue weighted by Gasteiger charge is 2.16. The summed E-state index contributed by atoms with van der Waals surface area (Å²) < 4.78 is 53.6. The molecule has 2 atom stereocenters. The Balaban J connectivity index is 3.54. The number of amides is 9. The van der Waals surface area contributed by atoms with Crippen LogP contribution in [0.2, 0.25) is 0 Å². The van der Waals surface area contributed by atoms with Crippen LogP contribution < -0.4 is 59.3 Å². The van der Waals surface area contributed by atoms with Crippen LogP contribution in [0.1, 0.15) is 180 Å². The van der Waals surface area contributed by atoms with Crippen molar-refractivity contribution in [2.75, 3.05) is 197 Å². The maximum Gasteiger partial charge on any atom is 0.246 e. The summed E-state index contributed by atoms with van der Waals surface area (Å²) in [5.41, 5.74) is 12.1. The Morgan fingerprint density at radius 1 is 0.260 bits per heavy atom. The summed E-state index contributed by atoms with van der Waals surface area (Å²) in [5.74, 6) is -0.824. The summed E-state index contributed by atoms with van der Waals surface area (Å²) in [7, 11) is 0. The van der Waals surface area contributed by atoms with Crippen LogP contribution in [0.25, 0.3) is 0 Å². The molecule has 0 aliphatic heterocycles. The molecule has 100 heavy (non-hydrogen) atoms. The maximum atomic E-state index is 12.5. The zero-order valence-electron chi connectivity index (χ0n) is 60.8. The molecule has 13 N–H and O–H groups in total. The molecule has 0 aromatic carbocycles. The number of carbonyl (C=O) groups excluding carboxylic acids is 9. The molecule has 0 aromatic rings. The minimum absolute atomic E-state index is 0.00441. The third-order valence-electron chi connectivity index (χ3n) is 15.1. The number of nitrogens with two attached hydrogens (primary N) is 2. The lowest BCUT2D eigenvalue weighted by molar-refractivity contribution is -0.128. The molecule has 0 aliphatic rings. The quantitative estimate of drug-likeness (QED) is 0.0307. The fraction of sp³-hybridized carbons (Fsp3) is 0.870. The Hall–Kier alpha value is -4.90. The van der Waals surface area contributed by atoms with E-state index in [1.165, 1.54) is 70.6 Å². The molecule has 0 spiro atoms. The van der Waals surface area contributed by atoms with Gasteiger partial charge in [0.2, 0.25) is 53.2 Å². The van der Waals surface area contributed by atoms with Crippen LogP contribution in [-0.4, -0.2) is 262 Å². The van der Waals surface area contributed by atoms with Crippen LogP contribution in [0.5, 0.6) is 0 Å². The van der Waals surface area contributed by atoms with E-state index in [1.807, 2.05) is 0 Å². The Bertz CT molecular complexity index is 2020. The molecule has 0 aromatic heterocycles. The van der Waals surface area contributed by atoms with E-state index in [9.17, 15) is 43.2 Å². The van der Waals surface area contributed by atoms with E-state index >= 15 is 0 Å². The van der Waals surface area contributed by atoms with E-state index in [0.29, 0.717) is 90.9 Å². The Morgan fingerprint density at radius 3 is 0.810 bits per heavy atom. The molecule has 9 amide bonds. The molecular formula is C69H133N11O19S. The van der Waals surface area contributed by atoms with Gasteiger partial charge in [-0.05, 0) is 76.4 Å². The third-order valence-corrected chi connectivity index (χ3v) is 15.4. The normalized spacial score (nSPS) is 11.8. The summed E-state index contributed by atoms with van der Waals surface area (Å²) >= 11 is 4.27. The molecular weight excluding hydrogens is 1320 g/mol. The van der Waals surface area contributed by atoms with Crippen LogP contribution in [0.15, 0.2) is 0 Å². The van der Waals surface area contributed by atoms with Crippen LogP contribution in [0.4, 0.5) is 0 Å². The van der Waals surface area contributed by atoms with Crippen LogP contribution >= 0.6 is 12.6 Å². The minimum Gasteiger partial charge on any atom is -0.377 e. The number of hydrogen-bond acceptors (Lipinski definition) is 22. The average Bonchev–Trinajstić information content (AvgIpc) is 2.50. The smallest absolute Gasteiger partial charge is 0.246 e. The van der Waals surface area contributed by atoms with Crippen LogP contribution in [0.3, 0.4) is 0 Å². The van der Waals surface area contributed by atoms with Crippen molar-refractivity contribution < 1.29 is 90.5 Å². The summed E-state index contributed by atoms with van der Waals surface area (Å²) in [6, 6.07) is -1.35. The van der Waals surface area contributed by atoms with Gasteiger partial charge in [0.05, 0.1) is 111 Å². The topological polar surface area (TPSA) is 406 Å². The number of hydrogen-bond donors (Lipinski definition) is 12. The van der Waals surface area contributed by atoms with Gasteiger partial charge in [0.15, 0.2) is 0 Å². The van der Waals surface area contributed by atoms with Gasteiger partial charge < -0.3 is 107 Å². The van der Waals surface area contributed by atoms with Crippen molar-refractivity contribution in [3.05, 3.63) is 0 Å². The summed E-state index contributed by atoms with van der Waals surface area (Å²) in [6.45, 7) is 8.52. The van der Waals surface area contributed by atoms with E-state index in [0.717, 1.165) is 63.5 Å². The molecule has 584 valence electrons. The van der Waals surface area contributed by atoms with Crippen molar-refractivity contribution in [2.45, 2.75) is 192 Å². The second-order valence-corrected chi connectivity index (χ2v) is 24.6. The van der Waals surface area contributed by atoms with Crippen molar-refractivity contribution >= 4 is 65.8 Å². The maximum absolute atomic E-state index is 12.5. The van der Waals surface area contributed by atoms with Gasteiger partial charge in [0, 0.05) is 71.7 Å². The molecule has 30 nitrogen and oxygen atoms in total. The molecule has 0 bridgehead atoms. The molecule has 31 heteroatoms. The number of unbranched alkanes of at least 4 members (excludes halogenated alkanes) is 18. The third kappa shape index (κ3) is 71.5. The zero-order chi connectivity index (χ0) is 73.1. The largest absolute Gasteiger partial charge is 0.377 e. The number of rotatable bonds is 77. The molecule has 0 aliphatic carbocycles. The SMILES string of the molecule is CCCCCNC(=O)COCCOCCNC(=O)COCCOCCNC(=O)COCCOCCNC(=O)COCCOCCNC(=O)COCCOCCNC(=O)[C@@H](N)CCCCNC(=O)[C@@H](N)CCCCNC(=O)CCCCCNC(=O)CCCCCCCCCCCCCCCS. The predicted octanol–water partition coefficient (Wildman–Crippen LogP) is 2.34. The van der Waals surface area contributed by atoms with Gasteiger partial charge in [0.1, 0.15) is 33.0 Å². The number of ether oxygens (including phenoxy) is 10. The standard InChI is InChI=1S/C69H133N11O19S/c1-2-3-20-29-74-63(83)54-95-48-43-90-38-33-75-64(84)55-96-49-44-91-39-34-76-65(85)56-97-50-45-92-40-35-77-66(86)57-98-51-46-93-41-36-78-67(87)58-99-52-47-94-42-37-80-69(89)60(71)26-19-23-32-79-68(88)59(70)25-18-22-31-73-62(82)28-17-15-21-30-72-61(81)27-16-13-11-9-7-5-4-6-8-10-12-14-24-53-100/h59-60,100H,2-58,70-71H2,1H3,(H,72,81)(H,73,82)(H,74,83)(H,75,84)(H,76,85)(H,77,86)(H,78,87)(H,79,88)(H,80,89)/t59-,60-/m0/s1. The molecule has 0 saturated heterocycles. The lowest BCUT2D eigenvalue weighted by atomic mass is 10.0. The second kappa shape index (κ2) is 75.3. The lowest BCUT2D eigenvalue weighted by Gasteiger charge is -2.14. The van der Waals surface area contributed by atoms with Gasteiger partial charge in [-0.3, -0.25) is 43.2 Å². The average molecular weight is 1450 g/mol. The monoisotopic (exact) mass is 1450 g/mol. The van der Waals surface area contributed by atoms with Crippen LogP contribution in [-0.2, 0) is 90.5 Å². The van der Waals surface area contributed by atoms with E-state index in [-0.39, 0.29) is 198 Å². The predicted molar refractivity (Wildman–Crippen MR) is 385 cm³/mol. The second-order valence-electron chi connectivity index (χ2n) is 24.1. The Labute approximate surface area is 602 Å². The van der Waals surface area contributed by atoms with Gasteiger partial charge in [-0.1, -0.05) is 96.8 Å². The first-order valence-corrected chi connectivity index (χ1v) is 37.7. The first kappa shape index (κ1) is 95.1. The van der Waals surface area contributed by atoms with Crippen LogP contribution in [0, 0.1) is 0 Å². The highest BCUT2D eigenvalue weighted by atomic mass is 32.1. The van der Waals surface area contributed by atoms with Gasteiger partial charge in [0.25, 0.3) is 0 Å². The molecule has 0 heterocycles. The molecule has 0 rings (SSSR count). The highest BCUT2D eigenvalue weighted by Crippen LogP contribution is 2.13. The fourth-order valence-electron chi connectivity index (χ4n) is 9.35. The van der Waals surface area contributed by atoms with Crippen molar-refractivity contribution in [1.82, 2.24) is 47.9 Å². The number of carbonyl (C=O) groups is 9. The Kier molecular flexibility index (Phi) is 71.6. The fourth-order valence-corrected chi connectivity index (χ4v) is 9.58. The number of nitrogens with one attached hydrogen (secondary N) is 9. The molecule has 0 unspecified atom stereocenters. The van der Waals surface area contributed by atoms with E-state index in [1.54, 1.807) is 0 Å². The lowest BCUT2D eigenvalue weighted by Crippen LogP contribution is -2.42. The van der Waals surface area contributed by atoms with E-state index in [4.69, 9.17) is 58.8 Å². The van der Waals surface area contributed by atoms with E-state index in [2.05, 4.69) is 67.4 Å². The first-order valence-electron chi connectivity index (χ1n) is 37.1.